The van der Waals surface area contributed by atoms with Crippen LogP contribution in [0.25, 0.3) is 0 Å². The van der Waals surface area contributed by atoms with E-state index in [2.05, 4.69) is 11.9 Å². The van der Waals surface area contributed by atoms with Gasteiger partial charge in [-0.1, -0.05) is 6.58 Å². The third-order valence-corrected chi connectivity index (χ3v) is 1.23. The van der Waals surface area contributed by atoms with Gasteiger partial charge in [-0.15, -0.1) is 11.6 Å². The fourth-order valence-corrected chi connectivity index (χ4v) is 0.725. The molecule has 0 aromatic heterocycles. The lowest BCUT2D eigenvalue weighted by atomic mass is 10.3. The lowest BCUT2D eigenvalue weighted by Crippen LogP contribution is -2.18. The summed E-state index contributed by atoms with van der Waals surface area (Å²) in [5, 5.41) is 2.59. The van der Waals surface area contributed by atoms with Crippen molar-refractivity contribution in [1.82, 2.24) is 5.32 Å². The first-order valence-electron chi connectivity index (χ1n) is 3.18. The van der Waals surface area contributed by atoms with Crippen molar-refractivity contribution in [3.05, 3.63) is 12.3 Å². The zero-order chi connectivity index (χ0) is 7.98. The highest BCUT2D eigenvalue weighted by Gasteiger charge is 1.94. The van der Waals surface area contributed by atoms with E-state index in [4.69, 9.17) is 11.6 Å². The summed E-state index contributed by atoms with van der Waals surface area (Å²) in [6.07, 6.45) is 1.63. The van der Waals surface area contributed by atoms with Gasteiger partial charge in [0.1, 0.15) is 0 Å². The number of rotatable bonds is 4. The molecule has 1 N–H and O–H groups in total. The third-order valence-electron chi connectivity index (χ3n) is 0.965. The van der Waals surface area contributed by atoms with E-state index in [0.29, 0.717) is 5.88 Å². The molecule has 0 aromatic carbocycles. The van der Waals surface area contributed by atoms with Crippen molar-refractivity contribution >= 4 is 17.5 Å². The minimum Gasteiger partial charge on any atom is -0.331 e. The van der Waals surface area contributed by atoms with E-state index >= 15 is 0 Å². The summed E-state index contributed by atoms with van der Waals surface area (Å²) in [6, 6.07) is 0. The van der Waals surface area contributed by atoms with Crippen LogP contribution >= 0.6 is 11.6 Å². The predicted octanol–water partition coefficient (Wildman–Crippen LogP) is 1.66. The van der Waals surface area contributed by atoms with Crippen molar-refractivity contribution in [2.75, 3.05) is 5.88 Å². The molecule has 3 heteroatoms. The van der Waals surface area contributed by atoms with Crippen LogP contribution in [0.5, 0.6) is 0 Å². The zero-order valence-electron chi connectivity index (χ0n) is 6.11. The number of allylic oxidation sites excluding steroid dienone is 1. The van der Waals surface area contributed by atoms with Crippen molar-refractivity contribution in [3.63, 3.8) is 0 Å². The van der Waals surface area contributed by atoms with Crippen molar-refractivity contribution in [1.29, 1.82) is 0 Å². The van der Waals surface area contributed by atoms with Gasteiger partial charge in [0.15, 0.2) is 0 Å². The fraction of sp³-hybridized carbons (Fsp3) is 0.571. The number of hydrogen-bond donors (Lipinski definition) is 1. The monoisotopic (exact) mass is 161 g/mol. The van der Waals surface area contributed by atoms with Gasteiger partial charge in [0.2, 0.25) is 5.91 Å². The van der Waals surface area contributed by atoms with Crippen LogP contribution in [0.4, 0.5) is 0 Å². The van der Waals surface area contributed by atoms with Gasteiger partial charge >= 0.3 is 0 Å². The van der Waals surface area contributed by atoms with Crippen LogP contribution in [0.2, 0.25) is 0 Å². The molecule has 0 saturated heterocycles. The van der Waals surface area contributed by atoms with Gasteiger partial charge in [0.25, 0.3) is 0 Å². The standard InChI is InChI=1S/C7H12ClNO/c1-6(4-3-5-8)9-7(2)10/h1,3-5H2,2H3,(H,9,10). The van der Waals surface area contributed by atoms with Crippen molar-refractivity contribution in [2.24, 2.45) is 0 Å². The van der Waals surface area contributed by atoms with Crippen LogP contribution in [0.3, 0.4) is 0 Å². The Bertz CT molecular complexity index is 134. The van der Waals surface area contributed by atoms with Gasteiger partial charge in [-0.05, 0) is 12.8 Å². The molecule has 0 bridgehead atoms. The first-order valence-corrected chi connectivity index (χ1v) is 3.71. The smallest absolute Gasteiger partial charge is 0.220 e. The molecule has 1 amide bonds. The SMILES string of the molecule is C=C(CCCCl)NC(C)=O. The highest BCUT2D eigenvalue weighted by molar-refractivity contribution is 6.17. The van der Waals surface area contributed by atoms with Crippen molar-refractivity contribution in [3.8, 4) is 0 Å². The molecule has 0 spiro atoms. The van der Waals surface area contributed by atoms with E-state index in [1.807, 2.05) is 0 Å². The number of amides is 1. The summed E-state index contributed by atoms with van der Waals surface area (Å²) in [6.45, 7) is 5.11. The first-order chi connectivity index (χ1) is 4.66. The normalized spacial score (nSPS) is 9.00. The second kappa shape index (κ2) is 5.30. The Morgan fingerprint density at radius 1 is 1.70 bits per heavy atom. The summed E-state index contributed by atoms with van der Waals surface area (Å²) in [5.41, 5.74) is 0.744. The number of carbonyl (C=O) groups excluding carboxylic acids is 1. The molecule has 0 rings (SSSR count). The highest BCUT2D eigenvalue weighted by Crippen LogP contribution is 1.98. The second-order valence-corrected chi connectivity index (χ2v) is 2.46. The number of carbonyl (C=O) groups is 1. The number of hydrogen-bond acceptors (Lipinski definition) is 1. The van der Waals surface area contributed by atoms with E-state index in [9.17, 15) is 4.79 Å². The molecule has 0 heterocycles. The first kappa shape index (κ1) is 9.50. The summed E-state index contributed by atoms with van der Waals surface area (Å²) in [4.78, 5) is 10.4. The maximum atomic E-state index is 10.4. The van der Waals surface area contributed by atoms with E-state index in [1.54, 1.807) is 0 Å². The van der Waals surface area contributed by atoms with Gasteiger partial charge in [-0.25, -0.2) is 0 Å². The van der Waals surface area contributed by atoms with Crippen LogP contribution in [-0.2, 0) is 4.79 Å². The third kappa shape index (κ3) is 5.63. The van der Waals surface area contributed by atoms with Crippen molar-refractivity contribution < 1.29 is 4.79 Å². The van der Waals surface area contributed by atoms with Crippen LogP contribution in [0.1, 0.15) is 19.8 Å². The Morgan fingerprint density at radius 3 is 2.70 bits per heavy atom. The average molecular weight is 162 g/mol. The maximum Gasteiger partial charge on any atom is 0.220 e. The van der Waals surface area contributed by atoms with Gasteiger partial charge < -0.3 is 5.32 Å². The summed E-state index contributed by atoms with van der Waals surface area (Å²) < 4.78 is 0. The van der Waals surface area contributed by atoms with E-state index in [1.165, 1.54) is 6.92 Å². The molecule has 0 radical (unpaired) electrons. The molecule has 0 aliphatic rings. The lowest BCUT2D eigenvalue weighted by Gasteiger charge is -2.02. The Balaban J connectivity index is 3.35. The molecule has 0 aliphatic carbocycles. The summed E-state index contributed by atoms with van der Waals surface area (Å²) >= 11 is 5.43. The summed E-state index contributed by atoms with van der Waals surface area (Å²) in [5.74, 6) is 0.540. The van der Waals surface area contributed by atoms with Crippen LogP contribution in [-0.4, -0.2) is 11.8 Å². The number of halogens is 1. The maximum absolute atomic E-state index is 10.4. The fourth-order valence-electron chi connectivity index (χ4n) is 0.592. The minimum atomic E-state index is -0.0698. The Morgan fingerprint density at radius 2 is 2.30 bits per heavy atom. The van der Waals surface area contributed by atoms with E-state index in [-0.39, 0.29) is 5.91 Å². The Hall–Kier alpha value is -0.500. The van der Waals surface area contributed by atoms with Gasteiger partial charge in [-0.3, -0.25) is 4.79 Å². The van der Waals surface area contributed by atoms with E-state index < -0.39 is 0 Å². The average Bonchev–Trinajstić information content (AvgIpc) is 1.82. The molecular formula is C7H12ClNO. The molecule has 2 nitrogen and oxygen atoms in total. The molecule has 0 aliphatic heterocycles. The second-order valence-electron chi connectivity index (χ2n) is 2.08. The van der Waals surface area contributed by atoms with Crippen molar-refractivity contribution in [2.45, 2.75) is 19.8 Å². The number of alkyl halides is 1. The topological polar surface area (TPSA) is 29.1 Å². The quantitative estimate of drug-likeness (QED) is 0.625. The molecule has 0 saturated carbocycles. The Labute approximate surface area is 66.3 Å². The van der Waals surface area contributed by atoms with Gasteiger partial charge in [0, 0.05) is 18.5 Å². The van der Waals surface area contributed by atoms with Gasteiger partial charge in [-0.2, -0.15) is 0 Å². The molecule has 58 valence electrons. The zero-order valence-corrected chi connectivity index (χ0v) is 6.87. The molecule has 10 heavy (non-hydrogen) atoms. The summed E-state index contributed by atoms with van der Waals surface area (Å²) in [7, 11) is 0. The predicted molar refractivity (Wildman–Crippen MR) is 42.9 cm³/mol. The minimum absolute atomic E-state index is 0.0698. The van der Waals surface area contributed by atoms with Crippen LogP contribution < -0.4 is 5.32 Å². The largest absolute Gasteiger partial charge is 0.331 e. The molecular weight excluding hydrogens is 150 g/mol. The Kier molecular flexibility index (Phi) is 5.03. The van der Waals surface area contributed by atoms with Crippen LogP contribution in [0, 0.1) is 0 Å². The number of nitrogens with one attached hydrogen (secondary N) is 1. The lowest BCUT2D eigenvalue weighted by molar-refractivity contribution is -0.118. The van der Waals surface area contributed by atoms with Gasteiger partial charge in [0.05, 0.1) is 0 Å². The molecule has 0 unspecified atom stereocenters. The van der Waals surface area contributed by atoms with Crippen LogP contribution in [0.15, 0.2) is 12.3 Å². The molecule has 0 fully saturated rings. The molecule has 0 atom stereocenters. The highest BCUT2D eigenvalue weighted by atomic mass is 35.5. The molecule has 0 aromatic rings. The van der Waals surface area contributed by atoms with E-state index in [0.717, 1.165) is 18.5 Å².